The van der Waals surface area contributed by atoms with Gasteiger partial charge in [-0.3, -0.25) is 4.79 Å². The molecule has 15 heavy (non-hydrogen) atoms. The van der Waals surface area contributed by atoms with Crippen LogP contribution in [0.3, 0.4) is 0 Å². The monoisotopic (exact) mass is 431 g/mol. The predicted octanol–water partition coefficient (Wildman–Crippen LogP) is 2.93. The smallest absolute Gasteiger partial charge is 0.251 e. The van der Waals surface area contributed by atoms with Crippen molar-refractivity contribution in [3.8, 4) is 0 Å². The maximum Gasteiger partial charge on any atom is 0.251 e. The van der Waals surface area contributed by atoms with Crippen LogP contribution in [-0.2, 0) is 0 Å². The van der Waals surface area contributed by atoms with Crippen LogP contribution >= 0.6 is 45.2 Å². The molecule has 1 aliphatic carbocycles. The van der Waals surface area contributed by atoms with Gasteiger partial charge in [-0.05, 0) is 70.2 Å². The quantitative estimate of drug-likeness (QED) is 0.567. The molecule has 0 heterocycles. The molecule has 0 unspecified atom stereocenters. The summed E-state index contributed by atoms with van der Waals surface area (Å²) in [6, 6.07) is 3.31. The largest absolute Gasteiger partial charge is 0.349 e. The van der Waals surface area contributed by atoms with E-state index in [1.807, 2.05) is 45.2 Å². The molecule has 0 aliphatic heterocycles. The SMILES string of the molecule is O=C(NC1CC1)c1cc(F)c(I)c(I)c1. The molecule has 0 bridgehead atoms. The summed E-state index contributed by atoms with van der Waals surface area (Å²) in [4.78, 5) is 11.6. The van der Waals surface area contributed by atoms with Crippen LogP contribution in [0.5, 0.6) is 0 Å². The van der Waals surface area contributed by atoms with Crippen molar-refractivity contribution < 1.29 is 9.18 Å². The molecule has 2 nitrogen and oxygen atoms in total. The number of carbonyl (C=O) groups is 1. The summed E-state index contributed by atoms with van der Waals surface area (Å²) >= 11 is 3.96. The van der Waals surface area contributed by atoms with Crippen molar-refractivity contribution >= 4 is 51.1 Å². The van der Waals surface area contributed by atoms with Crippen LogP contribution in [0.1, 0.15) is 23.2 Å². The Bertz CT molecular complexity index is 395. The molecule has 1 saturated carbocycles. The van der Waals surface area contributed by atoms with Gasteiger partial charge in [-0.15, -0.1) is 0 Å². The second kappa shape index (κ2) is 4.52. The molecule has 1 N–H and O–H groups in total. The molecular weight excluding hydrogens is 423 g/mol. The summed E-state index contributed by atoms with van der Waals surface area (Å²) in [7, 11) is 0. The molecule has 1 aromatic carbocycles. The van der Waals surface area contributed by atoms with Gasteiger partial charge < -0.3 is 5.32 Å². The van der Waals surface area contributed by atoms with Gasteiger partial charge in [0.15, 0.2) is 0 Å². The maximum atomic E-state index is 13.4. The molecule has 1 fully saturated rings. The first-order valence-corrected chi connectivity index (χ1v) is 6.69. The Kier molecular flexibility index (Phi) is 3.49. The van der Waals surface area contributed by atoms with Gasteiger partial charge in [0.25, 0.3) is 5.91 Å². The zero-order valence-corrected chi connectivity index (χ0v) is 12.0. The zero-order valence-electron chi connectivity index (χ0n) is 7.69. The standard InChI is InChI=1S/C10H8FI2NO/c11-7-3-5(4-8(12)9(7)13)10(15)14-6-1-2-6/h3-4,6H,1-2H2,(H,14,15). The summed E-state index contributed by atoms with van der Waals surface area (Å²) in [6.45, 7) is 0. The van der Waals surface area contributed by atoms with E-state index in [2.05, 4.69) is 5.32 Å². The first-order chi connectivity index (χ1) is 7.08. The molecule has 2 rings (SSSR count). The zero-order chi connectivity index (χ0) is 11.0. The second-order valence-electron chi connectivity index (χ2n) is 3.50. The van der Waals surface area contributed by atoms with Crippen LogP contribution in [-0.4, -0.2) is 11.9 Å². The van der Waals surface area contributed by atoms with Crippen LogP contribution in [0.15, 0.2) is 12.1 Å². The highest BCUT2D eigenvalue weighted by molar-refractivity contribution is 14.1. The minimum atomic E-state index is -0.330. The lowest BCUT2D eigenvalue weighted by atomic mass is 10.2. The third-order valence-electron chi connectivity index (χ3n) is 2.16. The maximum absolute atomic E-state index is 13.4. The number of hydrogen-bond donors (Lipinski definition) is 1. The minimum absolute atomic E-state index is 0.175. The summed E-state index contributed by atoms with van der Waals surface area (Å²) in [5, 5.41) is 2.83. The Balaban J connectivity index is 2.23. The third kappa shape index (κ3) is 2.80. The van der Waals surface area contributed by atoms with E-state index in [9.17, 15) is 9.18 Å². The fourth-order valence-corrected chi connectivity index (χ4v) is 2.09. The van der Waals surface area contributed by atoms with E-state index in [4.69, 9.17) is 0 Å². The van der Waals surface area contributed by atoms with E-state index in [0.717, 1.165) is 16.4 Å². The van der Waals surface area contributed by atoms with Crippen LogP contribution in [0.4, 0.5) is 4.39 Å². The van der Waals surface area contributed by atoms with E-state index in [-0.39, 0.29) is 11.7 Å². The van der Waals surface area contributed by atoms with Gasteiger partial charge in [0.2, 0.25) is 0 Å². The van der Waals surface area contributed by atoms with Gasteiger partial charge in [0, 0.05) is 15.2 Å². The van der Waals surface area contributed by atoms with E-state index in [1.54, 1.807) is 6.07 Å². The molecule has 0 aromatic heterocycles. The van der Waals surface area contributed by atoms with Crippen LogP contribution in [0, 0.1) is 13.0 Å². The van der Waals surface area contributed by atoms with E-state index >= 15 is 0 Å². The van der Waals surface area contributed by atoms with Gasteiger partial charge in [0.05, 0.1) is 3.57 Å². The van der Waals surface area contributed by atoms with Crippen molar-refractivity contribution in [2.45, 2.75) is 18.9 Å². The topological polar surface area (TPSA) is 29.1 Å². The average Bonchev–Trinajstić information content (AvgIpc) is 2.97. The number of rotatable bonds is 2. The summed E-state index contributed by atoms with van der Waals surface area (Å²) in [6.07, 6.45) is 2.07. The van der Waals surface area contributed by atoms with Crippen molar-refractivity contribution in [2.75, 3.05) is 0 Å². The number of hydrogen-bond acceptors (Lipinski definition) is 1. The highest BCUT2D eigenvalue weighted by atomic mass is 127. The Morgan fingerprint density at radius 1 is 1.40 bits per heavy atom. The van der Waals surface area contributed by atoms with Crippen molar-refractivity contribution in [1.29, 1.82) is 0 Å². The normalized spacial score (nSPS) is 15.1. The summed E-state index contributed by atoms with van der Waals surface area (Å²) < 4.78 is 14.7. The molecule has 1 aliphatic rings. The van der Waals surface area contributed by atoms with Crippen LogP contribution < -0.4 is 5.32 Å². The van der Waals surface area contributed by atoms with Crippen molar-refractivity contribution in [1.82, 2.24) is 5.32 Å². The van der Waals surface area contributed by atoms with Crippen LogP contribution in [0.25, 0.3) is 0 Å². The highest BCUT2D eigenvalue weighted by Gasteiger charge is 2.24. The highest BCUT2D eigenvalue weighted by Crippen LogP contribution is 2.22. The summed E-state index contributed by atoms with van der Waals surface area (Å²) in [5.74, 6) is -0.505. The molecule has 0 spiro atoms. The lowest BCUT2D eigenvalue weighted by molar-refractivity contribution is 0.0950. The molecule has 0 atom stereocenters. The fourth-order valence-electron chi connectivity index (χ4n) is 1.18. The lowest BCUT2D eigenvalue weighted by Gasteiger charge is -2.05. The second-order valence-corrected chi connectivity index (χ2v) is 5.74. The Hall–Kier alpha value is 0.0800. The van der Waals surface area contributed by atoms with Gasteiger partial charge in [-0.2, -0.15) is 0 Å². The Morgan fingerprint density at radius 3 is 2.60 bits per heavy atom. The fraction of sp³-hybridized carbons (Fsp3) is 0.300. The van der Waals surface area contributed by atoms with E-state index in [0.29, 0.717) is 15.2 Å². The molecule has 5 heteroatoms. The molecule has 80 valence electrons. The number of halogens is 3. The molecule has 1 amide bonds. The third-order valence-corrected chi connectivity index (χ3v) is 5.14. The van der Waals surface area contributed by atoms with E-state index < -0.39 is 0 Å². The van der Waals surface area contributed by atoms with Gasteiger partial charge >= 0.3 is 0 Å². The Morgan fingerprint density at radius 2 is 2.07 bits per heavy atom. The number of carbonyl (C=O) groups excluding carboxylic acids is 1. The molecular formula is C10H8FI2NO. The lowest BCUT2D eigenvalue weighted by Crippen LogP contribution is -2.25. The van der Waals surface area contributed by atoms with Crippen LogP contribution in [0.2, 0.25) is 0 Å². The van der Waals surface area contributed by atoms with Gasteiger partial charge in [-0.25, -0.2) is 4.39 Å². The summed E-state index contributed by atoms with van der Waals surface area (Å²) in [5.41, 5.74) is 0.407. The first-order valence-electron chi connectivity index (χ1n) is 4.53. The molecule has 0 saturated heterocycles. The predicted molar refractivity (Wildman–Crippen MR) is 72.3 cm³/mol. The van der Waals surface area contributed by atoms with Crippen molar-refractivity contribution in [3.63, 3.8) is 0 Å². The average molecular weight is 431 g/mol. The number of benzene rings is 1. The van der Waals surface area contributed by atoms with Gasteiger partial charge in [0.1, 0.15) is 5.82 Å². The number of nitrogens with one attached hydrogen (secondary N) is 1. The Labute approximate surface area is 114 Å². The molecule has 0 radical (unpaired) electrons. The molecule has 1 aromatic rings. The number of amides is 1. The van der Waals surface area contributed by atoms with Crippen molar-refractivity contribution in [2.24, 2.45) is 0 Å². The first kappa shape index (κ1) is 11.6. The van der Waals surface area contributed by atoms with E-state index in [1.165, 1.54) is 6.07 Å². The van der Waals surface area contributed by atoms with Crippen molar-refractivity contribution in [3.05, 3.63) is 30.7 Å². The minimum Gasteiger partial charge on any atom is -0.349 e. The van der Waals surface area contributed by atoms with Gasteiger partial charge in [-0.1, -0.05) is 0 Å².